The highest BCUT2D eigenvalue weighted by Gasteiger charge is 2.55. The summed E-state index contributed by atoms with van der Waals surface area (Å²) in [4.78, 5) is 33.1. The van der Waals surface area contributed by atoms with Crippen LogP contribution in [0.1, 0.15) is 48.8 Å². The summed E-state index contributed by atoms with van der Waals surface area (Å²) >= 11 is 0. The van der Waals surface area contributed by atoms with Gasteiger partial charge in [-0.15, -0.1) is 0 Å². The smallest absolute Gasteiger partial charge is 0.250 e. The molecule has 6 nitrogen and oxygen atoms in total. The number of nitrogens with zero attached hydrogens (tertiary/aromatic N) is 2. The van der Waals surface area contributed by atoms with Crippen LogP contribution in [-0.4, -0.2) is 54.6 Å². The predicted molar refractivity (Wildman–Crippen MR) is 166 cm³/mol. The molecule has 2 amide bonds. The van der Waals surface area contributed by atoms with E-state index >= 15 is 0 Å². The highest BCUT2D eigenvalue weighted by molar-refractivity contribution is 6.01. The van der Waals surface area contributed by atoms with E-state index in [1.165, 1.54) is 11.1 Å². The third-order valence-corrected chi connectivity index (χ3v) is 10.0. The van der Waals surface area contributed by atoms with Crippen molar-refractivity contribution < 1.29 is 14.3 Å². The number of benzene rings is 3. The molecule has 7 rings (SSSR count). The van der Waals surface area contributed by atoms with Crippen LogP contribution < -0.4 is 10.2 Å². The van der Waals surface area contributed by atoms with Crippen molar-refractivity contribution in [2.24, 2.45) is 11.8 Å². The fourth-order valence-electron chi connectivity index (χ4n) is 7.73. The van der Waals surface area contributed by atoms with E-state index < -0.39 is 5.54 Å². The summed E-state index contributed by atoms with van der Waals surface area (Å²) < 4.78 is 5.51. The zero-order chi connectivity index (χ0) is 28.5. The minimum absolute atomic E-state index is 0.0211. The fourth-order valence-corrected chi connectivity index (χ4v) is 7.73. The summed E-state index contributed by atoms with van der Waals surface area (Å²) in [6.45, 7) is 3.23. The highest BCUT2D eigenvalue weighted by atomic mass is 16.5. The van der Waals surface area contributed by atoms with Gasteiger partial charge in [-0.2, -0.15) is 0 Å². The Morgan fingerprint density at radius 1 is 0.833 bits per heavy atom. The van der Waals surface area contributed by atoms with Crippen LogP contribution >= 0.6 is 0 Å². The molecule has 2 saturated carbocycles. The molecule has 1 saturated heterocycles. The summed E-state index contributed by atoms with van der Waals surface area (Å²) in [6, 6.07) is 27.1. The van der Waals surface area contributed by atoms with Gasteiger partial charge in [0.05, 0.1) is 19.6 Å². The number of fused-ring (bicyclic) bond motifs is 2. The van der Waals surface area contributed by atoms with E-state index in [1.807, 2.05) is 47.4 Å². The van der Waals surface area contributed by atoms with Gasteiger partial charge >= 0.3 is 0 Å². The Balaban J connectivity index is 1.18. The molecule has 3 aromatic carbocycles. The van der Waals surface area contributed by atoms with E-state index in [-0.39, 0.29) is 17.9 Å². The number of rotatable bonds is 7. The molecule has 1 N–H and O–H groups in total. The number of carbonyl (C=O) groups excluding carboxylic acids is 2. The van der Waals surface area contributed by atoms with E-state index in [1.54, 1.807) is 0 Å². The molecule has 6 heteroatoms. The van der Waals surface area contributed by atoms with E-state index in [0.29, 0.717) is 24.7 Å². The number of anilines is 2. The van der Waals surface area contributed by atoms with Crippen molar-refractivity contribution >= 4 is 23.2 Å². The number of ether oxygens (including phenoxy) is 1. The molecule has 3 fully saturated rings. The number of amides is 2. The third kappa shape index (κ3) is 5.45. The molecule has 0 aromatic heterocycles. The summed E-state index contributed by atoms with van der Waals surface area (Å²) in [6.07, 6.45) is 6.73. The Labute approximate surface area is 249 Å². The van der Waals surface area contributed by atoms with Gasteiger partial charge in [0.25, 0.3) is 0 Å². The van der Waals surface area contributed by atoms with Gasteiger partial charge in [0, 0.05) is 30.5 Å². The average Bonchev–Trinajstić information content (AvgIpc) is 3.86. The van der Waals surface area contributed by atoms with Gasteiger partial charge in [0.15, 0.2) is 0 Å². The van der Waals surface area contributed by atoms with E-state index in [2.05, 4.69) is 46.6 Å². The zero-order valence-corrected chi connectivity index (χ0v) is 24.3. The van der Waals surface area contributed by atoms with Gasteiger partial charge in [-0.3, -0.25) is 9.59 Å². The Kier molecular flexibility index (Phi) is 7.49. The Bertz CT molecular complexity index is 1410. The zero-order valence-electron chi connectivity index (χ0n) is 24.3. The fraction of sp³-hybridized carbons (Fsp3) is 0.444. The predicted octanol–water partition coefficient (Wildman–Crippen LogP) is 5.65. The second-order valence-corrected chi connectivity index (χ2v) is 12.7. The van der Waals surface area contributed by atoms with Crippen LogP contribution in [0.4, 0.5) is 11.4 Å². The molecule has 1 heterocycles. The number of hydrogen-bond acceptors (Lipinski definition) is 4. The molecule has 0 radical (unpaired) electrons. The van der Waals surface area contributed by atoms with Crippen LogP contribution in [0.2, 0.25) is 0 Å². The van der Waals surface area contributed by atoms with Crippen LogP contribution in [-0.2, 0) is 33.6 Å². The molecule has 3 aliphatic carbocycles. The molecule has 4 aliphatic rings. The lowest BCUT2D eigenvalue weighted by Gasteiger charge is -2.51. The van der Waals surface area contributed by atoms with Crippen molar-refractivity contribution in [1.82, 2.24) is 4.90 Å². The molecule has 3 atom stereocenters. The minimum atomic E-state index is -0.844. The molecular weight excluding hydrogens is 522 g/mol. The lowest BCUT2D eigenvalue weighted by atomic mass is 9.62. The molecule has 1 aliphatic heterocycles. The highest BCUT2D eigenvalue weighted by Crippen LogP contribution is 2.49. The van der Waals surface area contributed by atoms with Crippen LogP contribution in [0.3, 0.4) is 0 Å². The SMILES string of the molecule is O=C(Cc1ccccc1)N(C1CC1)[C@]1(C(=O)Nc2ccc(N3CCOCC3)cc2)CC[C@@H]2Cc3ccccc3C[C@H]2C1. The largest absolute Gasteiger partial charge is 0.378 e. The lowest BCUT2D eigenvalue weighted by molar-refractivity contribution is -0.150. The van der Waals surface area contributed by atoms with Gasteiger partial charge in [0.2, 0.25) is 11.8 Å². The summed E-state index contributed by atoms with van der Waals surface area (Å²) in [5, 5.41) is 3.30. The first kappa shape index (κ1) is 27.2. The van der Waals surface area contributed by atoms with E-state index in [0.717, 1.165) is 81.8 Å². The van der Waals surface area contributed by atoms with Crippen molar-refractivity contribution in [3.8, 4) is 0 Å². The first-order chi connectivity index (χ1) is 20.6. The quantitative estimate of drug-likeness (QED) is 0.404. The second-order valence-electron chi connectivity index (χ2n) is 12.7. The lowest BCUT2D eigenvalue weighted by Crippen LogP contribution is -2.63. The molecule has 218 valence electrons. The molecular formula is C36H41N3O3. The Morgan fingerprint density at radius 2 is 1.50 bits per heavy atom. The monoisotopic (exact) mass is 563 g/mol. The average molecular weight is 564 g/mol. The first-order valence-electron chi connectivity index (χ1n) is 15.8. The molecule has 0 spiro atoms. The van der Waals surface area contributed by atoms with Crippen molar-refractivity contribution in [2.45, 2.75) is 62.9 Å². The van der Waals surface area contributed by atoms with Crippen LogP contribution in [0, 0.1) is 11.8 Å². The van der Waals surface area contributed by atoms with Crippen LogP contribution in [0.15, 0.2) is 78.9 Å². The van der Waals surface area contributed by atoms with Crippen molar-refractivity contribution in [3.63, 3.8) is 0 Å². The minimum Gasteiger partial charge on any atom is -0.378 e. The number of nitrogens with one attached hydrogen (secondary N) is 1. The summed E-state index contributed by atoms with van der Waals surface area (Å²) in [7, 11) is 0. The van der Waals surface area contributed by atoms with Gasteiger partial charge < -0.3 is 19.9 Å². The van der Waals surface area contributed by atoms with Crippen LogP contribution in [0.25, 0.3) is 0 Å². The summed E-state index contributed by atoms with van der Waals surface area (Å²) in [5.74, 6) is 0.996. The van der Waals surface area contributed by atoms with Gasteiger partial charge in [-0.1, -0.05) is 54.6 Å². The Morgan fingerprint density at radius 3 is 2.19 bits per heavy atom. The van der Waals surface area contributed by atoms with Gasteiger partial charge in [0.1, 0.15) is 5.54 Å². The van der Waals surface area contributed by atoms with Crippen LogP contribution in [0.5, 0.6) is 0 Å². The molecule has 42 heavy (non-hydrogen) atoms. The maximum absolute atomic E-state index is 14.6. The number of morpholine rings is 1. The normalized spacial score (nSPS) is 25.2. The molecule has 0 bridgehead atoms. The van der Waals surface area contributed by atoms with Gasteiger partial charge in [-0.25, -0.2) is 0 Å². The Hall–Kier alpha value is -3.64. The van der Waals surface area contributed by atoms with E-state index in [4.69, 9.17) is 4.74 Å². The number of hydrogen-bond donors (Lipinski definition) is 1. The van der Waals surface area contributed by atoms with Gasteiger partial charge in [-0.05, 0) is 97.7 Å². The van der Waals surface area contributed by atoms with E-state index in [9.17, 15) is 9.59 Å². The standard InChI is InChI=1S/C36H41N3O3/c40-34(22-26-6-2-1-3-7-26)39(33-14-15-33)36(17-16-29-23-27-8-4-5-9-28(27)24-30(29)25-36)35(41)37-31-10-12-32(13-11-31)38-18-20-42-21-19-38/h1-13,29-30,33H,14-25H2,(H,37,41)/t29-,30+,36-/m1/s1. The molecule has 3 aromatic rings. The molecule has 0 unspecified atom stereocenters. The number of carbonyl (C=O) groups is 2. The maximum atomic E-state index is 14.6. The van der Waals surface area contributed by atoms with Crippen molar-refractivity contribution in [1.29, 1.82) is 0 Å². The van der Waals surface area contributed by atoms with Crippen molar-refractivity contribution in [2.75, 3.05) is 36.5 Å². The summed E-state index contributed by atoms with van der Waals surface area (Å²) in [5.41, 5.74) is 4.95. The van der Waals surface area contributed by atoms with Crippen molar-refractivity contribution in [3.05, 3.63) is 95.6 Å². The third-order valence-electron chi connectivity index (χ3n) is 10.0. The second kappa shape index (κ2) is 11.6. The first-order valence-corrected chi connectivity index (χ1v) is 15.8. The topological polar surface area (TPSA) is 61.9 Å². The maximum Gasteiger partial charge on any atom is 0.250 e.